The molecule has 0 aromatic carbocycles. The SMILES string of the molecule is CC/C=C\C(O)C/C=C/C=C\C/C=C\C/C=C\CCCC(=O)N[C@@H](COP(=O)(O)OCC[N+](C)(C)C)[C@H](O)CCCCCCCCCCCCCCCC. The molecule has 0 aromatic rings. The Morgan fingerprint density at radius 2 is 1.28 bits per heavy atom. The molecular formula is C44H82N2O7P+. The second-order valence-corrected chi connectivity index (χ2v) is 17.0. The van der Waals surface area contributed by atoms with Crippen LogP contribution < -0.4 is 5.32 Å². The van der Waals surface area contributed by atoms with Crippen molar-refractivity contribution in [1.82, 2.24) is 5.32 Å². The van der Waals surface area contributed by atoms with Crippen molar-refractivity contribution in [3.8, 4) is 0 Å². The quantitative estimate of drug-likeness (QED) is 0.0163. The van der Waals surface area contributed by atoms with Gasteiger partial charge in [-0.3, -0.25) is 13.8 Å². The minimum absolute atomic E-state index is 0.0535. The Balaban J connectivity index is 4.56. The zero-order chi connectivity index (χ0) is 40.2. The zero-order valence-corrected chi connectivity index (χ0v) is 35.9. The molecule has 0 rings (SSSR count). The van der Waals surface area contributed by atoms with Gasteiger partial charge in [-0.25, -0.2) is 4.57 Å². The van der Waals surface area contributed by atoms with Crippen molar-refractivity contribution >= 4 is 13.7 Å². The van der Waals surface area contributed by atoms with Gasteiger partial charge in [0.1, 0.15) is 13.2 Å². The Labute approximate surface area is 331 Å². The lowest BCUT2D eigenvalue weighted by molar-refractivity contribution is -0.870. The van der Waals surface area contributed by atoms with Gasteiger partial charge in [0.15, 0.2) is 0 Å². The molecule has 54 heavy (non-hydrogen) atoms. The fourth-order valence-corrected chi connectivity index (χ4v) is 6.42. The van der Waals surface area contributed by atoms with E-state index in [0.29, 0.717) is 30.3 Å². The molecule has 0 bridgehead atoms. The highest BCUT2D eigenvalue weighted by atomic mass is 31.2. The van der Waals surface area contributed by atoms with Crippen LogP contribution in [-0.2, 0) is 18.4 Å². The molecule has 0 heterocycles. The first-order valence-corrected chi connectivity index (χ1v) is 22.8. The van der Waals surface area contributed by atoms with Crippen molar-refractivity contribution in [2.24, 2.45) is 0 Å². The Hall–Kier alpha value is -1.84. The third-order valence-electron chi connectivity index (χ3n) is 9.11. The van der Waals surface area contributed by atoms with E-state index in [-0.39, 0.29) is 25.5 Å². The number of nitrogens with zero attached hydrogens (tertiary/aromatic N) is 1. The van der Waals surface area contributed by atoms with Crippen LogP contribution in [0.3, 0.4) is 0 Å². The van der Waals surface area contributed by atoms with Crippen LogP contribution in [0.2, 0.25) is 0 Å². The van der Waals surface area contributed by atoms with E-state index in [4.69, 9.17) is 9.05 Å². The number of aliphatic hydroxyl groups excluding tert-OH is 2. The molecule has 4 N–H and O–H groups in total. The molecule has 0 aliphatic rings. The van der Waals surface area contributed by atoms with E-state index >= 15 is 0 Å². The minimum Gasteiger partial charge on any atom is -0.391 e. The summed E-state index contributed by atoms with van der Waals surface area (Å²) in [4.78, 5) is 23.1. The van der Waals surface area contributed by atoms with E-state index < -0.39 is 26.1 Å². The average molecular weight is 782 g/mol. The van der Waals surface area contributed by atoms with Gasteiger partial charge >= 0.3 is 7.82 Å². The van der Waals surface area contributed by atoms with Crippen molar-refractivity contribution in [3.05, 3.63) is 60.8 Å². The largest absolute Gasteiger partial charge is 0.472 e. The van der Waals surface area contributed by atoms with Gasteiger partial charge in [0, 0.05) is 6.42 Å². The first-order chi connectivity index (χ1) is 25.9. The summed E-state index contributed by atoms with van der Waals surface area (Å²) in [5.74, 6) is -0.219. The molecule has 1 amide bonds. The Bertz CT molecular complexity index is 1080. The molecule has 0 radical (unpaired) electrons. The van der Waals surface area contributed by atoms with Gasteiger partial charge in [0.25, 0.3) is 0 Å². The number of hydrogen-bond acceptors (Lipinski definition) is 6. The highest BCUT2D eigenvalue weighted by Gasteiger charge is 2.28. The summed E-state index contributed by atoms with van der Waals surface area (Å²) in [6, 6.07) is -0.804. The Morgan fingerprint density at radius 3 is 1.87 bits per heavy atom. The molecular weight excluding hydrogens is 699 g/mol. The van der Waals surface area contributed by atoms with E-state index in [1.165, 1.54) is 70.6 Å². The lowest BCUT2D eigenvalue weighted by Gasteiger charge is -2.26. The summed E-state index contributed by atoms with van der Waals surface area (Å²) in [6.45, 7) is 4.58. The molecule has 314 valence electrons. The number of rotatable bonds is 37. The van der Waals surface area contributed by atoms with Gasteiger partial charge in [0.05, 0.1) is 46.0 Å². The Kier molecular flexibility index (Phi) is 34.4. The average Bonchev–Trinajstić information content (AvgIpc) is 3.11. The van der Waals surface area contributed by atoms with E-state index in [2.05, 4.69) is 42.6 Å². The number of phosphoric acid groups is 1. The summed E-state index contributed by atoms with van der Waals surface area (Å²) >= 11 is 0. The third-order valence-corrected chi connectivity index (χ3v) is 10.1. The van der Waals surface area contributed by atoms with Gasteiger partial charge in [-0.05, 0) is 44.9 Å². The van der Waals surface area contributed by atoms with Crippen molar-refractivity contribution in [2.45, 2.75) is 173 Å². The van der Waals surface area contributed by atoms with E-state index in [1.54, 1.807) is 0 Å². The summed E-state index contributed by atoms with van der Waals surface area (Å²) in [6.07, 6.45) is 41.6. The number of carbonyl (C=O) groups excluding carboxylic acids is 1. The molecule has 0 fully saturated rings. The first kappa shape index (κ1) is 52.2. The molecule has 0 saturated carbocycles. The van der Waals surface area contributed by atoms with Crippen LogP contribution in [0.1, 0.15) is 155 Å². The topological polar surface area (TPSA) is 125 Å². The second kappa shape index (κ2) is 35.6. The number of carbonyl (C=O) groups is 1. The van der Waals surface area contributed by atoms with Crippen LogP contribution in [0.25, 0.3) is 0 Å². The monoisotopic (exact) mass is 782 g/mol. The molecule has 0 saturated heterocycles. The summed E-state index contributed by atoms with van der Waals surface area (Å²) in [7, 11) is 1.54. The minimum atomic E-state index is -4.34. The molecule has 0 aromatic heterocycles. The molecule has 4 atom stereocenters. The van der Waals surface area contributed by atoms with Crippen molar-refractivity contribution < 1.29 is 38.0 Å². The smallest absolute Gasteiger partial charge is 0.391 e. The fourth-order valence-electron chi connectivity index (χ4n) is 5.69. The van der Waals surface area contributed by atoms with E-state index in [1.807, 2.05) is 58.4 Å². The van der Waals surface area contributed by atoms with Crippen LogP contribution in [0.4, 0.5) is 0 Å². The van der Waals surface area contributed by atoms with Crippen molar-refractivity contribution in [1.29, 1.82) is 0 Å². The molecule has 9 nitrogen and oxygen atoms in total. The number of hydrogen-bond donors (Lipinski definition) is 4. The van der Waals surface area contributed by atoms with Gasteiger partial charge in [0.2, 0.25) is 5.91 Å². The highest BCUT2D eigenvalue weighted by Crippen LogP contribution is 2.43. The first-order valence-electron chi connectivity index (χ1n) is 21.3. The lowest BCUT2D eigenvalue weighted by Crippen LogP contribution is -2.46. The van der Waals surface area contributed by atoms with Gasteiger partial charge in [-0.15, -0.1) is 0 Å². The third kappa shape index (κ3) is 37.1. The maximum Gasteiger partial charge on any atom is 0.472 e. The summed E-state index contributed by atoms with van der Waals surface area (Å²) < 4.78 is 23.5. The number of quaternary nitrogens is 1. The number of aliphatic hydroxyl groups is 2. The predicted octanol–water partition coefficient (Wildman–Crippen LogP) is 10.4. The van der Waals surface area contributed by atoms with Gasteiger partial charge < -0.3 is 24.9 Å². The maximum absolute atomic E-state index is 12.8. The van der Waals surface area contributed by atoms with Crippen LogP contribution in [0.15, 0.2) is 60.8 Å². The van der Waals surface area contributed by atoms with E-state index in [9.17, 15) is 24.5 Å². The van der Waals surface area contributed by atoms with Crippen molar-refractivity contribution in [3.63, 3.8) is 0 Å². The number of amides is 1. The number of likely N-dealkylation sites (N-methyl/N-ethyl adjacent to an activating group) is 1. The fraction of sp³-hybridized carbons (Fsp3) is 0.750. The lowest BCUT2D eigenvalue weighted by atomic mass is 10.0. The summed E-state index contributed by atoms with van der Waals surface area (Å²) in [5, 5.41) is 23.6. The van der Waals surface area contributed by atoms with Crippen LogP contribution >= 0.6 is 7.82 Å². The second-order valence-electron chi connectivity index (χ2n) is 15.5. The molecule has 0 aliphatic carbocycles. The zero-order valence-electron chi connectivity index (χ0n) is 35.1. The number of unbranched alkanes of at least 4 members (excludes halogenated alkanes) is 14. The molecule has 10 heteroatoms. The molecule has 2 unspecified atom stereocenters. The van der Waals surface area contributed by atoms with Gasteiger partial charge in [-0.1, -0.05) is 164 Å². The molecule has 0 spiro atoms. The highest BCUT2D eigenvalue weighted by molar-refractivity contribution is 7.47. The number of nitrogens with one attached hydrogen (secondary N) is 1. The molecule has 0 aliphatic heterocycles. The number of allylic oxidation sites excluding steroid dienone is 8. The van der Waals surface area contributed by atoms with Crippen LogP contribution in [-0.4, -0.2) is 84.6 Å². The van der Waals surface area contributed by atoms with Crippen LogP contribution in [0.5, 0.6) is 0 Å². The standard InChI is InChI=1S/C44H81N2O7P/c1-6-8-10-11-12-13-14-15-16-20-23-26-29-32-36-43(48)42(40-53-54(50,51)52-39-38-46(3,4)5)45-44(49)37-33-30-27-24-21-18-17-19-22-25-28-31-35-41(47)34-9-7-2/h9,17-18,22,24-25,27-28,31,34,41-43,47-48H,6-8,10-16,19-21,23,26,29-30,32-33,35-40H2,1-5H3,(H-,45,49,50,51)/p+1/b18-17-,25-22-,27-24-,31-28+,34-9-/t41?,42-,43+/m0/s1. The number of phosphoric ester groups is 1. The summed E-state index contributed by atoms with van der Waals surface area (Å²) in [5.41, 5.74) is 0. The van der Waals surface area contributed by atoms with Crippen LogP contribution in [0, 0.1) is 0 Å². The van der Waals surface area contributed by atoms with E-state index in [0.717, 1.165) is 44.9 Å². The Morgan fingerprint density at radius 1 is 0.722 bits per heavy atom. The predicted molar refractivity (Wildman–Crippen MR) is 227 cm³/mol. The normalized spacial score (nSPS) is 15.6. The van der Waals surface area contributed by atoms with Gasteiger partial charge in [-0.2, -0.15) is 0 Å². The maximum atomic E-state index is 12.8. The van der Waals surface area contributed by atoms with Crippen molar-refractivity contribution in [2.75, 3.05) is 40.9 Å².